The number of imide groups is 2. The van der Waals surface area contributed by atoms with Crippen LogP contribution in [0.5, 0.6) is 11.5 Å². The molecule has 268 valence electrons. The van der Waals surface area contributed by atoms with Crippen molar-refractivity contribution in [2.45, 2.75) is 32.3 Å². The van der Waals surface area contributed by atoms with Crippen LogP contribution in [0.3, 0.4) is 0 Å². The number of ether oxygens (including phenoxy) is 1. The van der Waals surface area contributed by atoms with Gasteiger partial charge in [0.25, 0.3) is 5.69 Å². The second-order valence-corrected chi connectivity index (χ2v) is 14.5. The van der Waals surface area contributed by atoms with E-state index in [1.165, 1.54) is 42.5 Å². The van der Waals surface area contributed by atoms with Gasteiger partial charge in [0, 0.05) is 29.7 Å². The maximum atomic E-state index is 14.7. The highest BCUT2D eigenvalue weighted by Crippen LogP contribution is 2.64. The smallest absolute Gasteiger partial charge is 0.271 e. The maximum Gasteiger partial charge on any atom is 0.271 e. The molecule has 1 N–H and O–H groups in total. The normalized spacial score (nSPS) is 26.2. The third-order valence-electron chi connectivity index (χ3n) is 11.3. The molecule has 4 amide bonds. The quantitative estimate of drug-likeness (QED) is 0.0915. The van der Waals surface area contributed by atoms with Gasteiger partial charge in [-0.05, 0) is 61.6 Å². The number of anilines is 2. The number of aromatic hydroxyl groups is 1. The minimum Gasteiger partial charge on any atom is -0.508 e. The Kier molecular flexibility index (Phi) is 8.17. The second-order valence-electron chi connectivity index (χ2n) is 14.0. The zero-order valence-corrected chi connectivity index (χ0v) is 28.9. The lowest BCUT2D eigenvalue weighted by atomic mass is 9.51. The summed E-state index contributed by atoms with van der Waals surface area (Å²) in [5.74, 6) is -7.22. The van der Waals surface area contributed by atoms with Crippen LogP contribution in [-0.2, 0) is 25.8 Å². The van der Waals surface area contributed by atoms with Crippen LogP contribution >= 0.6 is 11.6 Å². The average molecular weight is 736 g/mol. The van der Waals surface area contributed by atoms with Gasteiger partial charge in [0.05, 0.1) is 44.5 Å². The number of allylic oxidation sites excluding steroid dienone is 2. The molecule has 2 aliphatic carbocycles. The van der Waals surface area contributed by atoms with E-state index in [1.54, 1.807) is 19.1 Å². The van der Waals surface area contributed by atoms with Gasteiger partial charge in [-0.25, -0.2) is 14.2 Å². The van der Waals surface area contributed by atoms with Gasteiger partial charge in [0.15, 0.2) is 0 Å². The summed E-state index contributed by atoms with van der Waals surface area (Å²) in [6, 6.07) is 23.1. The molecule has 8 rings (SSSR count). The molecule has 6 unspecified atom stereocenters. The SMILES string of the molecule is CC12C(=O)N(c3ccc(F)c(Cl)c3)C(=O)C1CC1C(=CCC3C(=O)N(c4cccc([N+](=O)[O-])c4)C(=O)C31)C2c1ccc(OCc2ccccc2)cc1O. The van der Waals surface area contributed by atoms with E-state index in [-0.39, 0.29) is 47.3 Å². The molecule has 4 aromatic rings. The number of nitro benzene ring substituents is 1. The fraction of sp³-hybridized carbons (Fsp3) is 0.250. The summed E-state index contributed by atoms with van der Waals surface area (Å²) < 4.78 is 20.2. The Hall–Kier alpha value is -5.88. The number of fused-ring (bicyclic) bond motifs is 4. The van der Waals surface area contributed by atoms with Crippen LogP contribution in [0.4, 0.5) is 21.5 Å². The molecule has 6 atom stereocenters. The zero-order chi connectivity index (χ0) is 37.3. The summed E-state index contributed by atoms with van der Waals surface area (Å²) in [6.07, 6.45) is 1.98. The van der Waals surface area contributed by atoms with E-state index in [4.69, 9.17) is 16.3 Å². The van der Waals surface area contributed by atoms with E-state index in [9.17, 15) is 38.8 Å². The van der Waals surface area contributed by atoms with Crippen molar-refractivity contribution in [1.29, 1.82) is 0 Å². The first kappa shape index (κ1) is 34.2. The molecule has 4 aromatic carbocycles. The van der Waals surface area contributed by atoms with Crippen LogP contribution in [0.25, 0.3) is 0 Å². The summed E-state index contributed by atoms with van der Waals surface area (Å²) in [5, 5.41) is 22.9. The standard InChI is InChI=1S/C40H31ClFN3O8/c1-40-30(37(48)44(39(40)50)23-10-15-32(42)31(41)17-23)19-29-26(35(40)27-12-11-25(18-33(27)46)53-20-21-6-3-2-4-7-21)13-14-28-34(29)38(49)43(36(28)47)22-8-5-9-24(16-22)45(51)52/h2-13,15-18,28-30,34-35,46H,14,19-20H2,1H3. The number of nitro groups is 1. The molecule has 2 heterocycles. The number of phenols is 1. The summed E-state index contributed by atoms with van der Waals surface area (Å²) >= 11 is 6.09. The monoisotopic (exact) mass is 735 g/mol. The fourth-order valence-electron chi connectivity index (χ4n) is 8.83. The number of hydrogen-bond acceptors (Lipinski definition) is 8. The number of hydrogen-bond donors (Lipinski definition) is 1. The minimum absolute atomic E-state index is 0.0246. The summed E-state index contributed by atoms with van der Waals surface area (Å²) in [4.78, 5) is 70.2. The van der Waals surface area contributed by atoms with E-state index in [1.807, 2.05) is 36.4 Å². The van der Waals surface area contributed by atoms with Gasteiger partial charge < -0.3 is 9.84 Å². The molecule has 53 heavy (non-hydrogen) atoms. The number of benzene rings is 4. The maximum absolute atomic E-state index is 14.7. The van der Waals surface area contributed by atoms with Gasteiger partial charge >= 0.3 is 0 Å². The number of amides is 4. The van der Waals surface area contributed by atoms with Crippen molar-refractivity contribution in [2.24, 2.45) is 29.1 Å². The number of halogens is 2. The molecule has 13 heteroatoms. The topological polar surface area (TPSA) is 147 Å². The molecule has 3 fully saturated rings. The van der Waals surface area contributed by atoms with Gasteiger partial charge in [-0.15, -0.1) is 0 Å². The lowest BCUT2D eigenvalue weighted by Crippen LogP contribution is -2.48. The van der Waals surface area contributed by atoms with E-state index in [0.29, 0.717) is 16.9 Å². The van der Waals surface area contributed by atoms with Gasteiger partial charge in [0.1, 0.15) is 23.9 Å². The van der Waals surface area contributed by atoms with Crippen LogP contribution in [0.2, 0.25) is 5.02 Å². The van der Waals surface area contributed by atoms with Crippen LogP contribution in [0, 0.1) is 45.0 Å². The molecule has 0 bridgehead atoms. The lowest BCUT2D eigenvalue weighted by Gasteiger charge is -2.49. The summed E-state index contributed by atoms with van der Waals surface area (Å²) in [7, 11) is 0. The summed E-state index contributed by atoms with van der Waals surface area (Å²) in [5.41, 5.74) is 0.239. The Morgan fingerprint density at radius 2 is 1.66 bits per heavy atom. The highest BCUT2D eigenvalue weighted by Gasteiger charge is 2.68. The van der Waals surface area contributed by atoms with E-state index in [0.717, 1.165) is 21.4 Å². The van der Waals surface area contributed by atoms with E-state index >= 15 is 0 Å². The Labute approximate surface area is 307 Å². The van der Waals surface area contributed by atoms with Crippen molar-refractivity contribution >= 4 is 52.3 Å². The largest absolute Gasteiger partial charge is 0.508 e. The van der Waals surface area contributed by atoms with Crippen molar-refractivity contribution in [3.8, 4) is 11.5 Å². The Balaban J connectivity index is 1.22. The molecule has 0 radical (unpaired) electrons. The van der Waals surface area contributed by atoms with Crippen molar-refractivity contribution in [3.63, 3.8) is 0 Å². The molecule has 11 nitrogen and oxygen atoms in total. The number of rotatable bonds is 7. The number of nitrogens with zero attached hydrogens (tertiary/aromatic N) is 3. The molecule has 2 saturated heterocycles. The first-order valence-electron chi connectivity index (χ1n) is 17.1. The van der Waals surface area contributed by atoms with Crippen LogP contribution in [0.1, 0.15) is 36.8 Å². The van der Waals surface area contributed by atoms with Gasteiger partial charge in [-0.1, -0.05) is 65.7 Å². The fourth-order valence-corrected chi connectivity index (χ4v) is 9.00. The van der Waals surface area contributed by atoms with Crippen molar-refractivity contribution in [2.75, 3.05) is 9.80 Å². The van der Waals surface area contributed by atoms with Gasteiger partial charge in [-0.2, -0.15) is 0 Å². The number of non-ortho nitro benzene ring substituents is 1. The molecule has 2 aliphatic heterocycles. The van der Waals surface area contributed by atoms with Gasteiger partial charge in [-0.3, -0.25) is 29.3 Å². The highest BCUT2D eigenvalue weighted by atomic mass is 35.5. The highest BCUT2D eigenvalue weighted by molar-refractivity contribution is 6.32. The number of carbonyl (C=O) groups excluding carboxylic acids is 4. The second kappa shape index (κ2) is 12.7. The number of carbonyl (C=O) groups is 4. The molecular weight excluding hydrogens is 705 g/mol. The van der Waals surface area contributed by atoms with Crippen LogP contribution in [-0.4, -0.2) is 33.7 Å². The Bertz CT molecular complexity index is 2280. The van der Waals surface area contributed by atoms with E-state index < -0.39 is 69.4 Å². The van der Waals surface area contributed by atoms with Crippen molar-refractivity contribution < 1.29 is 38.3 Å². The predicted octanol–water partition coefficient (Wildman–Crippen LogP) is 7.11. The Morgan fingerprint density at radius 3 is 2.38 bits per heavy atom. The third-order valence-corrected chi connectivity index (χ3v) is 11.6. The summed E-state index contributed by atoms with van der Waals surface area (Å²) in [6.45, 7) is 1.89. The third kappa shape index (κ3) is 5.30. The lowest BCUT2D eigenvalue weighted by molar-refractivity contribution is -0.384. The first-order valence-corrected chi connectivity index (χ1v) is 17.4. The zero-order valence-electron chi connectivity index (χ0n) is 28.1. The number of phenolic OH excluding ortho intramolecular Hbond substituents is 1. The average Bonchev–Trinajstić information content (AvgIpc) is 3.52. The molecule has 4 aliphatic rings. The molecule has 1 saturated carbocycles. The molecule has 0 aromatic heterocycles. The van der Waals surface area contributed by atoms with Crippen LogP contribution in [0.15, 0.2) is 103 Å². The van der Waals surface area contributed by atoms with Crippen LogP contribution < -0.4 is 14.5 Å². The molecule has 0 spiro atoms. The van der Waals surface area contributed by atoms with Crippen molar-refractivity contribution in [1.82, 2.24) is 0 Å². The van der Waals surface area contributed by atoms with E-state index in [2.05, 4.69) is 0 Å². The predicted molar refractivity (Wildman–Crippen MR) is 190 cm³/mol. The Morgan fingerprint density at radius 1 is 0.906 bits per heavy atom. The molecular formula is C40H31ClFN3O8. The van der Waals surface area contributed by atoms with Gasteiger partial charge in [0.2, 0.25) is 23.6 Å². The van der Waals surface area contributed by atoms with Crippen molar-refractivity contribution in [3.05, 3.63) is 135 Å². The minimum atomic E-state index is -1.48. The first-order chi connectivity index (χ1) is 25.4.